The van der Waals surface area contributed by atoms with Crippen molar-refractivity contribution >= 4 is 49.9 Å². The summed E-state index contributed by atoms with van der Waals surface area (Å²) in [5.41, 5.74) is 3.40. The predicted molar refractivity (Wildman–Crippen MR) is 146 cm³/mol. The van der Waals surface area contributed by atoms with Crippen LogP contribution in [0, 0.1) is 0 Å². The molecule has 1 N–H and O–H groups in total. The van der Waals surface area contributed by atoms with Crippen molar-refractivity contribution in [1.82, 2.24) is 14.8 Å². The fraction of sp³-hybridized carbons (Fsp3) is 0.462. The zero-order valence-electron chi connectivity index (χ0n) is 20.8. The summed E-state index contributed by atoms with van der Waals surface area (Å²) >= 11 is 8.01. The fourth-order valence-electron chi connectivity index (χ4n) is 4.59. The van der Waals surface area contributed by atoms with Gasteiger partial charge in [-0.05, 0) is 37.7 Å². The highest BCUT2D eigenvalue weighted by molar-refractivity contribution is 7.22. The third-order valence-electron chi connectivity index (χ3n) is 6.62. The number of rotatable bonds is 7. The van der Waals surface area contributed by atoms with Crippen molar-refractivity contribution in [1.29, 1.82) is 0 Å². The lowest BCUT2D eigenvalue weighted by atomic mass is 10.1. The first-order chi connectivity index (χ1) is 17.5. The molecule has 0 aliphatic carbocycles. The van der Waals surface area contributed by atoms with E-state index >= 15 is 0 Å². The summed E-state index contributed by atoms with van der Waals surface area (Å²) in [5, 5.41) is 3.87. The number of carbonyl (C=O) groups is 1. The van der Waals surface area contributed by atoms with Crippen LogP contribution in [0.15, 0.2) is 30.3 Å². The number of nitrogens with one attached hydrogen (secondary N) is 1. The topological polar surface area (TPSA) is 70.2 Å². The van der Waals surface area contributed by atoms with Gasteiger partial charge in [-0.3, -0.25) is 15.0 Å². The van der Waals surface area contributed by atoms with Crippen LogP contribution >= 0.6 is 22.9 Å². The molecule has 0 atom stereocenters. The van der Waals surface area contributed by atoms with Gasteiger partial charge in [0.15, 0.2) is 5.13 Å². The van der Waals surface area contributed by atoms with Crippen molar-refractivity contribution < 1.29 is 14.3 Å². The number of piperazine rings is 1. The van der Waals surface area contributed by atoms with Crippen molar-refractivity contribution in [2.45, 2.75) is 13.5 Å². The number of hydrogen-bond donors (Lipinski definition) is 1. The molecule has 192 valence electrons. The van der Waals surface area contributed by atoms with E-state index in [-0.39, 0.29) is 5.91 Å². The second-order valence-corrected chi connectivity index (χ2v) is 10.6. The number of halogens is 1. The summed E-state index contributed by atoms with van der Waals surface area (Å²) in [6, 6.07) is 9.89. The number of anilines is 2. The molecule has 3 heterocycles. The van der Waals surface area contributed by atoms with Crippen LogP contribution < -0.4 is 15.0 Å². The maximum Gasteiger partial charge on any atom is 0.259 e. The maximum absolute atomic E-state index is 13.2. The second kappa shape index (κ2) is 11.3. The SMILES string of the molecule is CCOc1cc(Cl)c(C(=O)Nc2nc3ccc(CN4CCN(C)CC4)cc3s2)cc1N1CCOCC1. The summed E-state index contributed by atoms with van der Waals surface area (Å²) < 4.78 is 12.4. The minimum absolute atomic E-state index is 0.283. The Labute approximate surface area is 220 Å². The van der Waals surface area contributed by atoms with Crippen LogP contribution in [0.25, 0.3) is 10.2 Å². The Morgan fingerprint density at radius 1 is 1.14 bits per heavy atom. The molecule has 0 saturated carbocycles. The molecule has 0 radical (unpaired) electrons. The van der Waals surface area contributed by atoms with Gasteiger partial charge in [-0.25, -0.2) is 4.98 Å². The molecule has 8 nitrogen and oxygen atoms in total. The lowest BCUT2D eigenvalue weighted by Crippen LogP contribution is -2.43. The summed E-state index contributed by atoms with van der Waals surface area (Å²) in [4.78, 5) is 24.9. The number of likely N-dealkylation sites (N-methyl/N-ethyl adjacent to an activating group) is 1. The highest BCUT2D eigenvalue weighted by atomic mass is 35.5. The van der Waals surface area contributed by atoms with Crippen molar-refractivity contribution in [3.63, 3.8) is 0 Å². The molecule has 2 saturated heterocycles. The Kier molecular flexibility index (Phi) is 7.93. The number of carbonyl (C=O) groups excluding carboxylic acids is 1. The number of nitrogens with zero attached hydrogens (tertiary/aromatic N) is 4. The average Bonchev–Trinajstić information content (AvgIpc) is 3.27. The Bertz CT molecular complexity index is 1220. The number of fused-ring (bicyclic) bond motifs is 1. The van der Waals surface area contributed by atoms with E-state index in [9.17, 15) is 4.79 Å². The van der Waals surface area contributed by atoms with Gasteiger partial charge in [0.05, 0.1) is 46.3 Å². The summed E-state index contributed by atoms with van der Waals surface area (Å²) in [5.74, 6) is 0.392. The van der Waals surface area contributed by atoms with E-state index in [1.54, 1.807) is 6.07 Å². The van der Waals surface area contributed by atoms with E-state index in [0.29, 0.717) is 41.3 Å². The van der Waals surface area contributed by atoms with E-state index in [0.717, 1.165) is 61.7 Å². The number of morpholine rings is 1. The monoisotopic (exact) mass is 529 g/mol. The molecule has 0 unspecified atom stereocenters. The molecule has 0 bridgehead atoms. The van der Waals surface area contributed by atoms with Gasteiger partial charge >= 0.3 is 0 Å². The minimum Gasteiger partial charge on any atom is -0.492 e. The van der Waals surface area contributed by atoms with Crippen LogP contribution in [0.3, 0.4) is 0 Å². The van der Waals surface area contributed by atoms with Gasteiger partial charge in [-0.2, -0.15) is 0 Å². The highest BCUT2D eigenvalue weighted by Gasteiger charge is 2.22. The molecule has 10 heteroatoms. The van der Waals surface area contributed by atoms with Gasteiger partial charge in [0, 0.05) is 51.9 Å². The minimum atomic E-state index is -0.283. The third kappa shape index (κ3) is 5.76. The number of amides is 1. The summed E-state index contributed by atoms with van der Waals surface area (Å²) in [7, 11) is 2.17. The van der Waals surface area contributed by atoms with Gasteiger partial charge in [0.25, 0.3) is 5.91 Å². The summed E-state index contributed by atoms with van der Waals surface area (Å²) in [6.45, 7) is 10.5. The Balaban J connectivity index is 1.33. The Hall–Kier alpha value is -2.43. The van der Waals surface area contributed by atoms with Crippen molar-refractivity contribution in [2.75, 3.05) is 76.4 Å². The molecule has 36 heavy (non-hydrogen) atoms. The van der Waals surface area contributed by atoms with Crippen molar-refractivity contribution in [3.8, 4) is 5.75 Å². The van der Waals surface area contributed by atoms with E-state index in [2.05, 4.69) is 44.2 Å². The number of benzene rings is 2. The van der Waals surface area contributed by atoms with Gasteiger partial charge < -0.3 is 19.3 Å². The average molecular weight is 530 g/mol. The van der Waals surface area contributed by atoms with E-state index < -0.39 is 0 Å². The largest absolute Gasteiger partial charge is 0.492 e. The molecule has 2 fully saturated rings. The fourth-order valence-corrected chi connectivity index (χ4v) is 5.75. The standard InChI is InChI=1S/C26H32ClN5O3S/c1-3-35-23-16-20(27)19(15-22(23)32-10-12-34-13-11-32)25(33)29-26-28-21-5-4-18(14-24(21)36-26)17-31-8-6-30(2)7-9-31/h4-5,14-16H,3,6-13,17H2,1-2H3,(H,28,29,33). The zero-order chi connectivity index (χ0) is 25.1. The van der Waals surface area contributed by atoms with Crippen LogP contribution in [-0.2, 0) is 11.3 Å². The molecule has 1 amide bonds. The Morgan fingerprint density at radius 3 is 2.67 bits per heavy atom. The molecular weight excluding hydrogens is 498 g/mol. The van der Waals surface area contributed by atoms with Crippen LogP contribution in [0.4, 0.5) is 10.8 Å². The first kappa shape index (κ1) is 25.2. The molecule has 3 aromatic rings. The number of thiazole rings is 1. The number of ether oxygens (including phenoxy) is 2. The lowest BCUT2D eigenvalue weighted by Gasteiger charge is -2.32. The van der Waals surface area contributed by atoms with Crippen LogP contribution in [0.2, 0.25) is 5.02 Å². The van der Waals surface area contributed by atoms with Crippen LogP contribution in [0.1, 0.15) is 22.8 Å². The first-order valence-corrected chi connectivity index (χ1v) is 13.6. The van der Waals surface area contributed by atoms with Crippen molar-refractivity contribution in [3.05, 3.63) is 46.5 Å². The summed E-state index contributed by atoms with van der Waals surface area (Å²) in [6.07, 6.45) is 0. The normalized spacial score (nSPS) is 17.5. The maximum atomic E-state index is 13.2. The molecule has 2 aliphatic rings. The quantitative estimate of drug-likeness (QED) is 0.492. The van der Waals surface area contributed by atoms with Gasteiger partial charge in [0.1, 0.15) is 5.75 Å². The predicted octanol–water partition coefficient (Wildman–Crippen LogP) is 4.18. The van der Waals surface area contributed by atoms with Crippen LogP contribution in [-0.4, -0.2) is 86.8 Å². The molecule has 0 spiro atoms. The molecule has 2 aliphatic heterocycles. The zero-order valence-corrected chi connectivity index (χ0v) is 22.3. The number of hydrogen-bond acceptors (Lipinski definition) is 8. The molecular formula is C26H32ClN5O3S. The van der Waals surface area contributed by atoms with Gasteiger partial charge in [-0.15, -0.1) is 0 Å². The smallest absolute Gasteiger partial charge is 0.259 e. The Morgan fingerprint density at radius 2 is 1.92 bits per heavy atom. The lowest BCUT2D eigenvalue weighted by molar-refractivity contribution is 0.102. The van der Waals surface area contributed by atoms with Crippen molar-refractivity contribution in [2.24, 2.45) is 0 Å². The van der Waals surface area contributed by atoms with E-state index in [1.807, 2.05) is 19.1 Å². The van der Waals surface area contributed by atoms with Gasteiger partial charge in [0.2, 0.25) is 0 Å². The molecule has 2 aromatic carbocycles. The van der Waals surface area contributed by atoms with E-state index in [4.69, 9.17) is 21.1 Å². The van der Waals surface area contributed by atoms with Gasteiger partial charge in [-0.1, -0.05) is 29.0 Å². The molecule has 5 rings (SSSR count). The van der Waals surface area contributed by atoms with Crippen LogP contribution in [0.5, 0.6) is 5.75 Å². The third-order valence-corrected chi connectivity index (χ3v) is 7.87. The molecule has 1 aromatic heterocycles. The van der Waals surface area contributed by atoms with E-state index in [1.165, 1.54) is 16.9 Å². The second-order valence-electron chi connectivity index (χ2n) is 9.19. The highest BCUT2D eigenvalue weighted by Crippen LogP contribution is 2.36. The first-order valence-electron chi connectivity index (χ1n) is 12.4. The number of aromatic nitrogens is 1.